The van der Waals surface area contributed by atoms with Crippen molar-refractivity contribution in [1.82, 2.24) is 4.98 Å². The molecule has 0 bridgehead atoms. The largest absolute Gasteiger partial charge is 0.493 e. The molecule has 0 radical (unpaired) electrons. The van der Waals surface area contributed by atoms with Gasteiger partial charge in [0.1, 0.15) is 11.6 Å². The number of hydrogen-bond donors (Lipinski definition) is 0. The van der Waals surface area contributed by atoms with E-state index >= 15 is 0 Å². The van der Waals surface area contributed by atoms with Crippen molar-refractivity contribution < 1.29 is 18.7 Å². The lowest BCUT2D eigenvalue weighted by Crippen LogP contribution is -2.38. The van der Waals surface area contributed by atoms with Crippen molar-refractivity contribution in [2.45, 2.75) is 67.2 Å². The predicted molar refractivity (Wildman–Crippen MR) is 155 cm³/mol. The molecule has 5 nitrogen and oxygen atoms in total. The summed E-state index contributed by atoms with van der Waals surface area (Å²) < 4.78 is 24.9. The molecule has 39 heavy (non-hydrogen) atoms. The maximum Gasteiger partial charge on any atom is 0.310 e. The molecule has 3 aromatic rings. The standard InChI is InChI=1S/C33H41FN2O3/c1-7-38-30(37)21-28-23(3)35-24(4)31(32(28)36-17-15-33(5,6)16-18-36)26-9-11-27(12-10-26)39-19-14-25-8-13-29(34)22(2)20-25/h8-13,20H,7,14-19,21H2,1-6H3. The van der Waals surface area contributed by atoms with Crippen molar-refractivity contribution in [3.05, 3.63) is 76.4 Å². The van der Waals surface area contributed by atoms with Crippen LogP contribution in [0.4, 0.5) is 10.1 Å². The van der Waals surface area contributed by atoms with Crippen LogP contribution in [0, 0.1) is 32.0 Å². The minimum Gasteiger partial charge on any atom is -0.493 e. The summed E-state index contributed by atoms with van der Waals surface area (Å²) in [4.78, 5) is 19.9. The van der Waals surface area contributed by atoms with Crippen LogP contribution in [0.3, 0.4) is 0 Å². The molecule has 1 aliphatic heterocycles. The summed E-state index contributed by atoms with van der Waals surface area (Å²) in [6.07, 6.45) is 3.09. The van der Waals surface area contributed by atoms with E-state index in [0.29, 0.717) is 30.6 Å². The Balaban J connectivity index is 1.61. The van der Waals surface area contributed by atoms with E-state index < -0.39 is 0 Å². The molecule has 0 aliphatic carbocycles. The second-order valence-corrected chi connectivity index (χ2v) is 11.3. The normalized spacial score (nSPS) is 14.8. The van der Waals surface area contributed by atoms with Crippen LogP contribution in [0.5, 0.6) is 5.75 Å². The van der Waals surface area contributed by atoms with Crippen molar-refractivity contribution in [1.29, 1.82) is 0 Å². The molecule has 2 heterocycles. The summed E-state index contributed by atoms with van der Waals surface area (Å²) in [5.41, 5.74) is 7.98. The molecule has 0 unspecified atom stereocenters. The molecule has 0 atom stereocenters. The number of nitrogens with zero attached hydrogens (tertiary/aromatic N) is 2. The third kappa shape index (κ3) is 6.97. The number of esters is 1. The second kappa shape index (κ2) is 12.2. The maximum atomic E-state index is 13.6. The van der Waals surface area contributed by atoms with Crippen LogP contribution in [0.25, 0.3) is 11.1 Å². The van der Waals surface area contributed by atoms with E-state index in [2.05, 4.69) is 30.9 Å². The van der Waals surface area contributed by atoms with Crippen LogP contribution >= 0.6 is 0 Å². The molecular weight excluding hydrogens is 491 g/mol. The van der Waals surface area contributed by atoms with E-state index in [4.69, 9.17) is 14.5 Å². The van der Waals surface area contributed by atoms with Gasteiger partial charge >= 0.3 is 5.97 Å². The Morgan fingerprint density at radius 3 is 2.36 bits per heavy atom. The molecule has 6 heteroatoms. The molecule has 1 aliphatic rings. The Morgan fingerprint density at radius 1 is 1.03 bits per heavy atom. The van der Waals surface area contributed by atoms with Gasteiger partial charge in [-0.15, -0.1) is 0 Å². The number of anilines is 1. The van der Waals surface area contributed by atoms with E-state index in [-0.39, 0.29) is 18.2 Å². The van der Waals surface area contributed by atoms with Crippen molar-refractivity contribution in [2.24, 2.45) is 5.41 Å². The van der Waals surface area contributed by atoms with E-state index in [1.165, 1.54) is 6.07 Å². The molecule has 0 amide bonds. The highest BCUT2D eigenvalue weighted by Crippen LogP contribution is 2.41. The van der Waals surface area contributed by atoms with Crippen LogP contribution < -0.4 is 9.64 Å². The van der Waals surface area contributed by atoms with E-state index in [0.717, 1.165) is 71.0 Å². The average Bonchev–Trinajstić information content (AvgIpc) is 2.88. The number of pyridine rings is 1. The van der Waals surface area contributed by atoms with Gasteiger partial charge in [-0.1, -0.05) is 38.1 Å². The van der Waals surface area contributed by atoms with Gasteiger partial charge in [0.15, 0.2) is 0 Å². The predicted octanol–water partition coefficient (Wildman–Crippen LogP) is 7.17. The Kier molecular flexibility index (Phi) is 8.94. The topological polar surface area (TPSA) is 51.7 Å². The first-order valence-electron chi connectivity index (χ1n) is 14.0. The Bertz CT molecular complexity index is 1310. The monoisotopic (exact) mass is 532 g/mol. The van der Waals surface area contributed by atoms with Crippen LogP contribution in [0.15, 0.2) is 42.5 Å². The number of piperidine rings is 1. The molecular formula is C33H41FN2O3. The molecule has 0 N–H and O–H groups in total. The highest BCUT2D eigenvalue weighted by atomic mass is 19.1. The van der Waals surface area contributed by atoms with Gasteiger partial charge in [-0.2, -0.15) is 0 Å². The first-order chi connectivity index (χ1) is 18.6. The SMILES string of the molecule is CCOC(=O)Cc1c(C)nc(C)c(-c2ccc(OCCc3ccc(F)c(C)c3)cc2)c1N1CCC(C)(C)CC1. The van der Waals surface area contributed by atoms with Crippen molar-refractivity contribution in [2.75, 3.05) is 31.2 Å². The third-order valence-electron chi connectivity index (χ3n) is 7.74. The zero-order valence-corrected chi connectivity index (χ0v) is 24.2. The number of carbonyl (C=O) groups is 1. The Labute approximate surface area is 232 Å². The molecule has 2 aromatic carbocycles. The van der Waals surface area contributed by atoms with Gasteiger partial charge in [-0.25, -0.2) is 4.39 Å². The Morgan fingerprint density at radius 2 is 1.72 bits per heavy atom. The van der Waals surface area contributed by atoms with Gasteiger partial charge in [-0.3, -0.25) is 9.78 Å². The molecule has 1 saturated heterocycles. The minimum atomic E-state index is -0.226. The first-order valence-corrected chi connectivity index (χ1v) is 14.0. The highest BCUT2D eigenvalue weighted by molar-refractivity contribution is 5.86. The van der Waals surface area contributed by atoms with E-state index in [1.54, 1.807) is 13.0 Å². The lowest BCUT2D eigenvalue weighted by molar-refractivity contribution is -0.142. The zero-order valence-electron chi connectivity index (χ0n) is 24.2. The van der Waals surface area contributed by atoms with E-state index in [1.807, 2.05) is 39.0 Å². The number of halogens is 1. The fourth-order valence-corrected chi connectivity index (χ4v) is 5.33. The molecule has 0 saturated carbocycles. The summed E-state index contributed by atoms with van der Waals surface area (Å²) in [5, 5.41) is 0. The lowest BCUT2D eigenvalue weighted by atomic mass is 9.82. The van der Waals surface area contributed by atoms with Gasteiger partial charge in [0.25, 0.3) is 0 Å². The summed E-state index contributed by atoms with van der Waals surface area (Å²) in [6, 6.07) is 13.3. The second-order valence-electron chi connectivity index (χ2n) is 11.3. The molecule has 208 valence electrons. The first kappa shape index (κ1) is 28.6. The van der Waals surface area contributed by atoms with Crippen LogP contribution in [0.2, 0.25) is 0 Å². The number of aryl methyl sites for hydroxylation is 3. The summed E-state index contributed by atoms with van der Waals surface area (Å²) >= 11 is 0. The van der Waals surface area contributed by atoms with Gasteiger partial charge in [0.2, 0.25) is 0 Å². The minimum absolute atomic E-state index is 0.186. The molecule has 1 aromatic heterocycles. The summed E-state index contributed by atoms with van der Waals surface area (Å²) in [5.74, 6) is 0.369. The highest BCUT2D eigenvalue weighted by Gasteiger charge is 2.30. The maximum absolute atomic E-state index is 13.6. The van der Waals surface area contributed by atoms with Gasteiger partial charge in [-0.05, 0) is 80.8 Å². The van der Waals surface area contributed by atoms with Crippen molar-refractivity contribution in [3.63, 3.8) is 0 Å². The molecule has 1 fully saturated rings. The van der Waals surface area contributed by atoms with Crippen molar-refractivity contribution in [3.8, 4) is 16.9 Å². The van der Waals surface area contributed by atoms with Gasteiger partial charge < -0.3 is 14.4 Å². The van der Waals surface area contributed by atoms with Gasteiger partial charge in [0, 0.05) is 42.0 Å². The van der Waals surface area contributed by atoms with Crippen LogP contribution in [-0.4, -0.2) is 37.3 Å². The number of hydrogen-bond acceptors (Lipinski definition) is 5. The van der Waals surface area contributed by atoms with E-state index in [9.17, 15) is 9.18 Å². The molecule has 0 spiro atoms. The quantitative estimate of drug-likeness (QED) is 0.274. The smallest absolute Gasteiger partial charge is 0.310 e. The van der Waals surface area contributed by atoms with Crippen LogP contribution in [-0.2, 0) is 22.4 Å². The molecule has 4 rings (SSSR count). The van der Waals surface area contributed by atoms with Crippen molar-refractivity contribution >= 4 is 11.7 Å². The zero-order chi connectivity index (χ0) is 28.2. The fourth-order valence-electron chi connectivity index (χ4n) is 5.33. The lowest BCUT2D eigenvalue weighted by Gasteiger charge is -2.40. The Hall–Kier alpha value is -3.41. The number of aromatic nitrogens is 1. The third-order valence-corrected chi connectivity index (χ3v) is 7.74. The number of rotatable bonds is 9. The van der Waals surface area contributed by atoms with Gasteiger partial charge in [0.05, 0.1) is 25.3 Å². The average molecular weight is 533 g/mol. The number of ether oxygens (including phenoxy) is 2. The summed E-state index contributed by atoms with van der Waals surface area (Å²) in [6.45, 7) is 15.0. The number of carbonyl (C=O) groups excluding carboxylic acids is 1. The fraction of sp³-hybridized carbons (Fsp3) is 0.455. The van der Waals surface area contributed by atoms with Crippen LogP contribution in [0.1, 0.15) is 61.7 Å². The number of benzene rings is 2. The summed E-state index contributed by atoms with van der Waals surface area (Å²) in [7, 11) is 0.